The molecule has 0 bridgehead atoms. The normalized spacial score (nSPS) is 15.5. The van der Waals surface area contributed by atoms with Crippen LogP contribution in [0.2, 0.25) is 0 Å². The molecule has 0 aliphatic carbocycles. The number of hydrogen-bond donors (Lipinski definition) is 0. The summed E-state index contributed by atoms with van der Waals surface area (Å²) < 4.78 is 1.24. The Kier molecular flexibility index (Phi) is 4.17. The van der Waals surface area contributed by atoms with Crippen molar-refractivity contribution in [3.05, 3.63) is 53.9 Å². The number of hydrogen-bond acceptors (Lipinski definition) is 4. The first-order valence-electron chi connectivity index (χ1n) is 7.26. The van der Waals surface area contributed by atoms with Crippen LogP contribution >= 0.6 is 0 Å². The number of amides is 1. The molecule has 0 spiro atoms. The number of nitrogens with zero attached hydrogens (tertiary/aromatic N) is 5. The van der Waals surface area contributed by atoms with Crippen molar-refractivity contribution in [2.45, 2.75) is 6.54 Å². The minimum atomic E-state index is -0.166. The van der Waals surface area contributed by atoms with E-state index in [-0.39, 0.29) is 6.03 Å². The molecule has 1 aromatic carbocycles. The van der Waals surface area contributed by atoms with Crippen LogP contribution in [0.3, 0.4) is 0 Å². The van der Waals surface area contributed by atoms with Gasteiger partial charge in [-0.3, -0.25) is 4.90 Å². The van der Waals surface area contributed by atoms with Gasteiger partial charge in [0.15, 0.2) is 0 Å². The first-order valence-corrected chi connectivity index (χ1v) is 7.26. The Morgan fingerprint density at radius 1 is 1.18 bits per heavy atom. The second-order valence-electron chi connectivity index (χ2n) is 5.32. The number of rotatable bonds is 2. The van der Waals surface area contributed by atoms with Gasteiger partial charge in [-0.25, -0.2) is 4.79 Å². The largest absolute Gasteiger partial charge is 0.344 e. The zero-order valence-corrected chi connectivity index (χ0v) is 12.2. The fourth-order valence-corrected chi connectivity index (χ4v) is 2.57. The van der Waals surface area contributed by atoms with Gasteiger partial charge in [-0.15, -0.1) is 0 Å². The molecule has 2 aromatic rings. The number of carbonyl (C=O) groups excluding carboxylic acids is 1. The lowest BCUT2D eigenvalue weighted by molar-refractivity contribution is 0.134. The van der Waals surface area contributed by atoms with Crippen LogP contribution in [0.4, 0.5) is 4.79 Å². The molecule has 6 heteroatoms. The molecule has 1 aliphatic heterocycles. The standard InChI is InChI=1S/C16H17N5O/c17-10-15-11-18-21(13-15)16(22)20-8-6-19(7-9-20)12-14-4-2-1-3-5-14/h1-5,11,13H,6-9,12H2. The van der Waals surface area contributed by atoms with Crippen LogP contribution in [-0.4, -0.2) is 51.8 Å². The predicted molar refractivity (Wildman–Crippen MR) is 81.0 cm³/mol. The Morgan fingerprint density at radius 2 is 1.91 bits per heavy atom. The summed E-state index contributed by atoms with van der Waals surface area (Å²) in [6.07, 6.45) is 2.88. The quantitative estimate of drug-likeness (QED) is 0.843. The van der Waals surface area contributed by atoms with Crippen molar-refractivity contribution in [3.63, 3.8) is 0 Å². The van der Waals surface area contributed by atoms with E-state index in [4.69, 9.17) is 5.26 Å². The van der Waals surface area contributed by atoms with Gasteiger partial charge in [-0.1, -0.05) is 30.3 Å². The number of carbonyl (C=O) groups is 1. The van der Waals surface area contributed by atoms with E-state index in [9.17, 15) is 4.79 Å². The summed E-state index contributed by atoms with van der Waals surface area (Å²) in [6.45, 7) is 3.93. The van der Waals surface area contributed by atoms with Crippen LogP contribution in [0.5, 0.6) is 0 Å². The Bertz CT molecular complexity index is 680. The monoisotopic (exact) mass is 295 g/mol. The second kappa shape index (κ2) is 6.41. The summed E-state index contributed by atoms with van der Waals surface area (Å²) in [5.41, 5.74) is 1.68. The van der Waals surface area contributed by atoms with Crippen molar-refractivity contribution in [2.24, 2.45) is 0 Å². The predicted octanol–water partition coefficient (Wildman–Crippen LogP) is 1.54. The van der Waals surface area contributed by atoms with E-state index < -0.39 is 0 Å². The van der Waals surface area contributed by atoms with Crippen molar-refractivity contribution in [3.8, 4) is 6.07 Å². The molecule has 1 aliphatic rings. The summed E-state index contributed by atoms with van der Waals surface area (Å²) in [4.78, 5) is 16.4. The molecule has 112 valence electrons. The van der Waals surface area contributed by atoms with Crippen LogP contribution in [-0.2, 0) is 6.54 Å². The van der Waals surface area contributed by atoms with Gasteiger partial charge in [0.25, 0.3) is 0 Å². The smallest absolute Gasteiger partial charge is 0.320 e. The van der Waals surface area contributed by atoms with Gasteiger partial charge in [0.2, 0.25) is 0 Å². The molecule has 0 unspecified atom stereocenters. The molecule has 6 nitrogen and oxygen atoms in total. The Morgan fingerprint density at radius 3 is 2.55 bits per heavy atom. The molecule has 0 saturated carbocycles. The molecule has 2 heterocycles. The Labute approximate surface area is 129 Å². The van der Waals surface area contributed by atoms with E-state index in [0.29, 0.717) is 18.7 Å². The highest BCUT2D eigenvalue weighted by Gasteiger charge is 2.22. The summed E-state index contributed by atoms with van der Waals surface area (Å²) in [6, 6.07) is 12.1. The molecular formula is C16H17N5O. The Hall–Kier alpha value is -2.65. The lowest BCUT2D eigenvalue weighted by Gasteiger charge is -2.34. The molecule has 1 amide bonds. The topological polar surface area (TPSA) is 65.2 Å². The maximum absolute atomic E-state index is 12.3. The second-order valence-corrected chi connectivity index (χ2v) is 5.32. The molecule has 0 N–H and O–H groups in total. The van der Waals surface area contributed by atoms with E-state index >= 15 is 0 Å². The van der Waals surface area contributed by atoms with Crippen molar-refractivity contribution in [1.82, 2.24) is 19.6 Å². The summed E-state index contributed by atoms with van der Waals surface area (Å²) in [5.74, 6) is 0. The average Bonchev–Trinajstić information content (AvgIpc) is 3.05. The van der Waals surface area contributed by atoms with Crippen LogP contribution in [0.25, 0.3) is 0 Å². The minimum Gasteiger partial charge on any atom is -0.320 e. The molecule has 0 radical (unpaired) electrons. The van der Waals surface area contributed by atoms with Gasteiger partial charge in [-0.2, -0.15) is 15.0 Å². The minimum absolute atomic E-state index is 0.166. The maximum atomic E-state index is 12.3. The third-order valence-corrected chi connectivity index (χ3v) is 3.80. The fourth-order valence-electron chi connectivity index (χ4n) is 2.57. The van der Waals surface area contributed by atoms with Crippen molar-refractivity contribution >= 4 is 6.03 Å². The summed E-state index contributed by atoms with van der Waals surface area (Å²) in [5, 5.41) is 12.7. The molecule has 0 atom stereocenters. The van der Waals surface area contributed by atoms with Gasteiger partial charge < -0.3 is 4.90 Å². The van der Waals surface area contributed by atoms with E-state index in [1.165, 1.54) is 22.6 Å². The molecule has 3 rings (SSSR count). The molecule has 1 fully saturated rings. The summed E-state index contributed by atoms with van der Waals surface area (Å²) in [7, 11) is 0. The molecular weight excluding hydrogens is 278 g/mol. The SMILES string of the molecule is N#Cc1cnn(C(=O)N2CCN(Cc3ccccc3)CC2)c1. The van der Waals surface area contributed by atoms with Gasteiger partial charge in [-0.05, 0) is 5.56 Å². The number of nitriles is 1. The first-order chi connectivity index (χ1) is 10.8. The van der Waals surface area contributed by atoms with Crippen molar-refractivity contribution < 1.29 is 4.79 Å². The first kappa shape index (κ1) is 14.3. The van der Waals surface area contributed by atoms with Crippen molar-refractivity contribution in [1.29, 1.82) is 5.26 Å². The van der Waals surface area contributed by atoms with Crippen LogP contribution in [0.15, 0.2) is 42.7 Å². The van der Waals surface area contributed by atoms with Crippen LogP contribution in [0, 0.1) is 11.3 Å². The van der Waals surface area contributed by atoms with E-state index in [1.54, 1.807) is 4.90 Å². The highest BCUT2D eigenvalue weighted by molar-refractivity contribution is 5.76. The van der Waals surface area contributed by atoms with Gasteiger partial charge >= 0.3 is 6.03 Å². The van der Waals surface area contributed by atoms with E-state index in [0.717, 1.165) is 19.6 Å². The van der Waals surface area contributed by atoms with E-state index in [2.05, 4.69) is 22.1 Å². The number of benzene rings is 1. The maximum Gasteiger partial charge on any atom is 0.344 e. The third-order valence-electron chi connectivity index (χ3n) is 3.80. The van der Waals surface area contributed by atoms with Crippen LogP contribution < -0.4 is 0 Å². The van der Waals surface area contributed by atoms with Crippen LogP contribution in [0.1, 0.15) is 11.1 Å². The van der Waals surface area contributed by atoms with E-state index in [1.807, 2.05) is 24.3 Å². The lowest BCUT2D eigenvalue weighted by atomic mass is 10.2. The zero-order chi connectivity index (χ0) is 15.4. The Balaban J connectivity index is 1.55. The van der Waals surface area contributed by atoms with Gasteiger partial charge in [0, 0.05) is 32.7 Å². The molecule has 22 heavy (non-hydrogen) atoms. The zero-order valence-electron chi connectivity index (χ0n) is 12.2. The highest BCUT2D eigenvalue weighted by Crippen LogP contribution is 2.09. The fraction of sp³-hybridized carbons (Fsp3) is 0.312. The number of piperazine rings is 1. The van der Waals surface area contributed by atoms with Crippen molar-refractivity contribution in [2.75, 3.05) is 26.2 Å². The van der Waals surface area contributed by atoms with Gasteiger partial charge in [0.1, 0.15) is 6.07 Å². The highest BCUT2D eigenvalue weighted by atomic mass is 16.2. The third kappa shape index (κ3) is 3.15. The van der Waals surface area contributed by atoms with Gasteiger partial charge in [0.05, 0.1) is 18.0 Å². The summed E-state index contributed by atoms with van der Waals surface area (Å²) >= 11 is 0. The molecule has 1 saturated heterocycles. The lowest BCUT2D eigenvalue weighted by Crippen LogP contribution is -2.49. The average molecular weight is 295 g/mol. The molecule has 1 aromatic heterocycles. The number of aromatic nitrogens is 2.